The summed E-state index contributed by atoms with van der Waals surface area (Å²) in [5, 5.41) is 0.755. The van der Waals surface area contributed by atoms with E-state index < -0.39 is 11.7 Å². The molecule has 0 aliphatic carbocycles. The third-order valence-corrected chi connectivity index (χ3v) is 3.05. The van der Waals surface area contributed by atoms with Crippen LogP contribution in [-0.4, -0.2) is 5.33 Å². The molecule has 0 aliphatic rings. The average molecular weight is 348 g/mol. The van der Waals surface area contributed by atoms with Crippen molar-refractivity contribution in [3.05, 3.63) is 39.4 Å². The van der Waals surface area contributed by atoms with E-state index in [0.29, 0.717) is 5.56 Å². The van der Waals surface area contributed by atoms with Crippen LogP contribution in [0.3, 0.4) is 0 Å². The van der Waals surface area contributed by atoms with Gasteiger partial charge in [0.25, 0.3) is 0 Å². The molecule has 0 fully saturated rings. The van der Waals surface area contributed by atoms with Crippen LogP contribution >= 0.6 is 39.1 Å². The van der Waals surface area contributed by atoms with Gasteiger partial charge in [-0.15, -0.1) is 0 Å². The molecule has 0 amide bonds. The molecule has 1 aromatic rings. The van der Waals surface area contributed by atoms with Crippen LogP contribution < -0.4 is 0 Å². The maximum absolute atomic E-state index is 12.4. The smallest absolute Gasteiger partial charge is 0.166 e. The molecule has 0 saturated carbocycles. The largest absolute Gasteiger partial charge is 0.416 e. The summed E-state index contributed by atoms with van der Waals surface area (Å²) in [7, 11) is 0. The summed E-state index contributed by atoms with van der Waals surface area (Å²) in [5.41, 5.74) is -0.438. The van der Waals surface area contributed by atoms with E-state index in [4.69, 9.17) is 23.2 Å². The van der Waals surface area contributed by atoms with Crippen molar-refractivity contribution in [3.63, 3.8) is 0 Å². The van der Waals surface area contributed by atoms with Gasteiger partial charge in [0.2, 0.25) is 0 Å². The summed E-state index contributed by atoms with van der Waals surface area (Å²) in [4.78, 5) is 0. The fourth-order valence-corrected chi connectivity index (χ4v) is 2.05. The lowest BCUT2D eigenvalue weighted by Crippen LogP contribution is -2.05. The molecule has 0 aliphatic heterocycles. The first-order valence-electron chi connectivity index (χ1n) is 4.65. The summed E-state index contributed by atoms with van der Waals surface area (Å²) in [5.74, 6) is 0. The minimum atomic E-state index is -4.44. The van der Waals surface area contributed by atoms with Gasteiger partial charge in [-0.25, -0.2) is 0 Å². The molecular weight excluding hydrogens is 340 g/mol. The molecule has 1 aromatic carbocycles. The molecule has 1 rings (SSSR count). The molecule has 0 aromatic heterocycles. The Balaban J connectivity index is 3.11. The van der Waals surface area contributed by atoms with Crippen LogP contribution in [0.1, 0.15) is 17.5 Å². The van der Waals surface area contributed by atoms with Crippen LogP contribution in [0.5, 0.6) is 0 Å². The van der Waals surface area contributed by atoms with Crippen molar-refractivity contribution >= 4 is 45.2 Å². The zero-order valence-electron chi connectivity index (χ0n) is 8.49. The Morgan fingerprint density at radius 2 is 1.71 bits per heavy atom. The van der Waals surface area contributed by atoms with Crippen molar-refractivity contribution in [1.82, 2.24) is 0 Å². The number of alkyl halides is 4. The maximum Gasteiger partial charge on any atom is 0.416 e. The quantitative estimate of drug-likeness (QED) is 0.605. The van der Waals surface area contributed by atoms with E-state index in [1.807, 2.05) is 0 Å². The summed E-state index contributed by atoms with van der Waals surface area (Å²) in [6, 6.07) is 1.75. The van der Waals surface area contributed by atoms with E-state index in [1.165, 1.54) is 0 Å². The average Bonchev–Trinajstić information content (AvgIpc) is 2.20. The molecule has 0 saturated heterocycles. The van der Waals surface area contributed by atoms with Gasteiger partial charge in [-0.05, 0) is 18.6 Å². The lowest BCUT2D eigenvalue weighted by atomic mass is 10.1. The third kappa shape index (κ3) is 4.19. The minimum absolute atomic E-state index is 0.00403. The highest BCUT2D eigenvalue weighted by Crippen LogP contribution is 2.36. The van der Waals surface area contributed by atoms with Gasteiger partial charge in [0, 0.05) is 20.9 Å². The minimum Gasteiger partial charge on any atom is -0.166 e. The Morgan fingerprint density at radius 1 is 1.18 bits per heavy atom. The third-order valence-electron chi connectivity index (χ3n) is 1.97. The Bertz CT molecular complexity index is 404. The monoisotopic (exact) mass is 346 g/mol. The summed E-state index contributed by atoms with van der Waals surface area (Å²) < 4.78 is 37.3. The molecule has 0 radical (unpaired) electrons. The van der Waals surface area contributed by atoms with E-state index in [2.05, 4.69) is 15.9 Å². The molecule has 0 heterocycles. The lowest BCUT2D eigenvalue weighted by Gasteiger charge is -2.10. The van der Waals surface area contributed by atoms with Crippen LogP contribution in [0.25, 0.3) is 6.08 Å². The first-order chi connectivity index (χ1) is 7.86. The van der Waals surface area contributed by atoms with Gasteiger partial charge in [0.05, 0.1) is 5.56 Å². The number of allylic oxidation sites excluding steroid dienone is 1. The van der Waals surface area contributed by atoms with Crippen molar-refractivity contribution in [2.75, 3.05) is 5.33 Å². The Kier molecular flexibility index (Phi) is 5.35. The van der Waals surface area contributed by atoms with E-state index in [1.54, 1.807) is 12.2 Å². The van der Waals surface area contributed by atoms with Crippen molar-refractivity contribution in [3.8, 4) is 0 Å². The van der Waals surface area contributed by atoms with Crippen molar-refractivity contribution in [2.24, 2.45) is 0 Å². The molecule has 0 spiro atoms. The molecule has 0 bridgehead atoms. The van der Waals surface area contributed by atoms with Crippen molar-refractivity contribution < 1.29 is 13.2 Å². The molecule has 0 N–H and O–H groups in total. The Morgan fingerprint density at radius 3 is 2.12 bits per heavy atom. The highest BCUT2D eigenvalue weighted by atomic mass is 79.9. The van der Waals surface area contributed by atoms with Gasteiger partial charge in [0.1, 0.15) is 0 Å². The Hall–Kier alpha value is -0.190. The Labute approximate surface area is 116 Å². The van der Waals surface area contributed by atoms with Gasteiger partial charge in [-0.1, -0.05) is 51.3 Å². The topological polar surface area (TPSA) is 0 Å². The predicted octanol–water partition coefficient (Wildman–Crippen LogP) is 5.81. The summed E-state index contributed by atoms with van der Waals surface area (Å²) in [6.07, 6.45) is -0.291. The first kappa shape index (κ1) is 14.9. The number of hydrogen-bond acceptors (Lipinski definition) is 0. The highest BCUT2D eigenvalue weighted by Gasteiger charge is 2.31. The fraction of sp³-hybridized carbons (Fsp3) is 0.273. The second kappa shape index (κ2) is 6.12. The number of rotatable bonds is 3. The zero-order valence-corrected chi connectivity index (χ0v) is 11.6. The molecule has 17 heavy (non-hydrogen) atoms. The number of halogens is 6. The second-order valence-corrected chi connectivity index (χ2v) is 4.84. The van der Waals surface area contributed by atoms with Crippen LogP contribution in [0, 0.1) is 0 Å². The molecule has 0 nitrogen and oxygen atoms in total. The molecule has 0 unspecified atom stereocenters. The summed E-state index contributed by atoms with van der Waals surface area (Å²) in [6.45, 7) is 0. The van der Waals surface area contributed by atoms with Gasteiger partial charge in [-0.2, -0.15) is 13.2 Å². The van der Waals surface area contributed by atoms with Crippen LogP contribution in [0.15, 0.2) is 18.2 Å². The number of benzene rings is 1. The SMILES string of the molecule is FC(F)(F)c1cc(Cl)c(C=CCCBr)c(Cl)c1. The van der Waals surface area contributed by atoms with Gasteiger partial charge < -0.3 is 0 Å². The van der Waals surface area contributed by atoms with Crippen LogP contribution in [0.4, 0.5) is 13.2 Å². The van der Waals surface area contributed by atoms with E-state index in [-0.39, 0.29) is 10.0 Å². The molecule has 6 heteroatoms. The standard InChI is InChI=1S/C11H8BrCl2F3/c12-4-2-1-3-8-9(13)5-7(6-10(8)14)11(15,16)17/h1,3,5-6H,2,4H2. The van der Waals surface area contributed by atoms with E-state index in [0.717, 1.165) is 23.9 Å². The van der Waals surface area contributed by atoms with E-state index in [9.17, 15) is 13.2 Å². The van der Waals surface area contributed by atoms with E-state index >= 15 is 0 Å². The zero-order chi connectivity index (χ0) is 13.1. The van der Waals surface area contributed by atoms with Crippen molar-refractivity contribution in [2.45, 2.75) is 12.6 Å². The normalized spacial score (nSPS) is 12.4. The van der Waals surface area contributed by atoms with Gasteiger partial charge >= 0.3 is 6.18 Å². The number of hydrogen-bond donors (Lipinski definition) is 0. The molecule has 94 valence electrons. The maximum atomic E-state index is 12.4. The van der Waals surface area contributed by atoms with Gasteiger partial charge in [0.15, 0.2) is 0 Å². The van der Waals surface area contributed by atoms with Crippen LogP contribution in [0.2, 0.25) is 10.0 Å². The second-order valence-electron chi connectivity index (χ2n) is 3.23. The predicted molar refractivity (Wildman–Crippen MR) is 68.9 cm³/mol. The van der Waals surface area contributed by atoms with Crippen molar-refractivity contribution in [1.29, 1.82) is 0 Å². The molecular formula is C11H8BrCl2F3. The summed E-state index contributed by atoms with van der Waals surface area (Å²) >= 11 is 14.8. The molecule has 0 atom stereocenters. The fourth-order valence-electron chi connectivity index (χ4n) is 1.17. The first-order valence-corrected chi connectivity index (χ1v) is 6.52. The van der Waals surface area contributed by atoms with Gasteiger partial charge in [-0.3, -0.25) is 0 Å². The van der Waals surface area contributed by atoms with Crippen LogP contribution in [-0.2, 0) is 6.18 Å². The highest BCUT2D eigenvalue weighted by molar-refractivity contribution is 9.09. The lowest BCUT2D eigenvalue weighted by molar-refractivity contribution is -0.137.